The number of nitrogens with zero attached hydrogens (tertiary/aromatic N) is 3. The van der Waals surface area contributed by atoms with Crippen molar-refractivity contribution >= 4 is 17.9 Å². The number of rotatable bonds is 3. The summed E-state index contributed by atoms with van der Waals surface area (Å²) < 4.78 is 13.2. The molecule has 0 aromatic heterocycles. The molecule has 0 aliphatic heterocycles. The van der Waals surface area contributed by atoms with Crippen LogP contribution in [0.1, 0.15) is 11.1 Å². The van der Waals surface area contributed by atoms with Crippen LogP contribution in [0.15, 0.2) is 53.4 Å². The number of azide groups is 1. The zero-order valence-corrected chi connectivity index (χ0v) is 11.7. The van der Waals surface area contributed by atoms with E-state index in [2.05, 4.69) is 9.80 Å². The van der Waals surface area contributed by atoms with Gasteiger partial charge in [-0.3, -0.25) is 0 Å². The molecule has 4 nitrogen and oxygen atoms in total. The van der Waals surface area contributed by atoms with Crippen molar-refractivity contribution in [3.8, 4) is 0 Å². The minimum atomic E-state index is -3.28. The minimum Gasteiger partial charge on any atom is -0.307 e. The molecule has 0 spiro atoms. The topological polar surface area (TPSA) is 65.8 Å². The zero-order valence-electron chi connectivity index (χ0n) is 10.8. The molecule has 2 aromatic carbocycles. The van der Waals surface area contributed by atoms with Gasteiger partial charge >= 0.3 is 0 Å². The van der Waals surface area contributed by atoms with Crippen molar-refractivity contribution in [1.29, 1.82) is 0 Å². The van der Waals surface area contributed by atoms with Crippen molar-refractivity contribution < 1.29 is 4.57 Å². The molecule has 1 unspecified atom stereocenters. The molecule has 96 valence electrons. The van der Waals surface area contributed by atoms with Crippen LogP contribution < -0.4 is 10.6 Å². The summed E-state index contributed by atoms with van der Waals surface area (Å²) in [5.74, 6) is 0. The number of hydrogen-bond acceptors (Lipinski definition) is 1. The first-order valence-corrected chi connectivity index (χ1v) is 7.54. The molecule has 1 atom stereocenters. The lowest BCUT2D eigenvalue weighted by atomic mass is 10.1. The molecule has 0 amide bonds. The standard InChI is InChI=1S/C14H14N3OP/c1-11-7-6-10-14(12(11)2)19(18,17-16-15)13-8-4-3-5-9-13/h3-10H,1-2H3. The molecule has 0 aliphatic carbocycles. The Bertz CT molecular complexity index is 691. The van der Waals surface area contributed by atoms with Gasteiger partial charge in [-0.15, -0.1) is 0 Å². The Balaban J connectivity index is 2.75. The maximum Gasteiger partial charge on any atom is 0.228 e. The van der Waals surface area contributed by atoms with E-state index in [-0.39, 0.29) is 0 Å². The van der Waals surface area contributed by atoms with Crippen LogP contribution in [-0.2, 0) is 4.57 Å². The maximum absolute atomic E-state index is 13.2. The van der Waals surface area contributed by atoms with Gasteiger partial charge in [0, 0.05) is 15.5 Å². The van der Waals surface area contributed by atoms with Crippen LogP contribution in [0.3, 0.4) is 0 Å². The molecule has 0 radical (unpaired) electrons. The first kappa shape index (κ1) is 13.4. The summed E-state index contributed by atoms with van der Waals surface area (Å²) in [6.07, 6.45) is 0. The highest BCUT2D eigenvalue weighted by atomic mass is 31.2. The molecule has 0 aliphatic rings. The van der Waals surface area contributed by atoms with Crippen molar-refractivity contribution in [2.24, 2.45) is 4.88 Å². The highest BCUT2D eigenvalue weighted by Gasteiger charge is 2.27. The molecular formula is C14H14N3OP. The lowest BCUT2D eigenvalue weighted by Gasteiger charge is -2.16. The van der Waals surface area contributed by atoms with Crippen LogP contribution >= 0.6 is 7.29 Å². The third-order valence-electron chi connectivity index (χ3n) is 3.17. The van der Waals surface area contributed by atoms with Gasteiger partial charge in [-0.1, -0.05) is 48.5 Å². The van der Waals surface area contributed by atoms with Gasteiger partial charge in [0.2, 0.25) is 7.29 Å². The molecule has 0 heterocycles. The van der Waals surface area contributed by atoms with Crippen molar-refractivity contribution in [3.63, 3.8) is 0 Å². The Morgan fingerprint density at radius 3 is 2.37 bits per heavy atom. The van der Waals surface area contributed by atoms with E-state index in [1.54, 1.807) is 30.3 Å². The summed E-state index contributed by atoms with van der Waals surface area (Å²) in [5.41, 5.74) is 10.7. The molecular weight excluding hydrogens is 257 g/mol. The summed E-state index contributed by atoms with van der Waals surface area (Å²) in [6.45, 7) is 3.84. The third kappa shape index (κ3) is 2.41. The quantitative estimate of drug-likeness (QED) is 0.362. The van der Waals surface area contributed by atoms with Gasteiger partial charge in [0.15, 0.2) is 0 Å². The van der Waals surface area contributed by atoms with Gasteiger partial charge in [0.05, 0.1) is 0 Å². The molecule has 0 fully saturated rings. The molecule has 0 saturated carbocycles. The molecule has 0 bridgehead atoms. The minimum absolute atomic E-state index is 0.557. The smallest absolute Gasteiger partial charge is 0.228 e. The number of aryl methyl sites for hydroxylation is 1. The number of hydrogen-bond donors (Lipinski definition) is 0. The fourth-order valence-corrected chi connectivity index (χ4v) is 4.08. The average molecular weight is 271 g/mol. The predicted molar refractivity (Wildman–Crippen MR) is 78.4 cm³/mol. The van der Waals surface area contributed by atoms with E-state index in [4.69, 9.17) is 5.53 Å². The Morgan fingerprint density at radius 1 is 1.05 bits per heavy atom. The Hall–Kier alpha value is -2.02. The fourth-order valence-electron chi connectivity index (χ4n) is 1.99. The highest BCUT2D eigenvalue weighted by Crippen LogP contribution is 2.46. The lowest BCUT2D eigenvalue weighted by molar-refractivity contribution is 0.587. The first-order chi connectivity index (χ1) is 9.09. The van der Waals surface area contributed by atoms with E-state index in [9.17, 15) is 4.57 Å². The molecule has 2 aromatic rings. The fraction of sp³-hybridized carbons (Fsp3) is 0.143. The van der Waals surface area contributed by atoms with Gasteiger partial charge in [0.1, 0.15) is 0 Å². The summed E-state index contributed by atoms with van der Waals surface area (Å²) in [5, 5.41) is 1.16. The van der Waals surface area contributed by atoms with Crippen molar-refractivity contribution in [2.75, 3.05) is 0 Å². The van der Waals surface area contributed by atoms with Crippen molar-refractivity contribution in [1.82, 2.24) is 0 Å². The van der Waals surface area contributed by atoms with Gasteiger partial charge in [-0.25, -0.2) is 0 Å². The average Bonchev–Trinajstić information content (AvgIpc) is 2.43. The van der Waals surface area contributed by atoms with Crippen LogP contribution in [0.2, 0.25) is 0 Å². The second-order valence-corrected chi connectivity index (χ2v) is 6.64. The van der Waals surface area contributed by atoms with Crippen molar-refractivity contribution in [3.05, 3.63) is 70.1 Å². The van der Waals surface area contributed by atoms with Gasteiger partial charge in [-0.05, 0) is 35.4 Å². The van der Waals surface area contributed by atoms with Gasteiger partial charge < -0.3 is 4.57 Å². The normalized spacial score (nSPS) is 13.4. The molecule has 5 heteroatoms. The Morgan fingerprint density at radius 2 is 1.74 bits per heavy atom. The summed E-state index contributed by atoms with van der Waals surface area (Å²) in [6, 6.07) is 14.4. The van der Waals surface area contributed by atoms with E-state index in [0.717, 1.165) is 11.1 Å². The van der Waals surface area contributed by atoms with Crippen LogP contribution in [0, 0.1) is 13.8 Å². The van der Waals surface area contributed by atoms with E-state index in [1.807, 2.05) is 32.0 Å². The van der Waals surface area contributed by atoms with E-state index < -0.39 is 7.29 Å². The zero-order chi connectivity index (χ0) is 13.9. The summed E-state index contributed by atoms with van der Waals surface area (Å²) >= 11 is 0. The van der Waals surface area contributed by atoms with Crippen LogP contribution in [0.4, 0.5) is 0 Å². The Kier molecular flexibility index (Phi) is 3.75. The SMILES string of the molecule is Cc1cccc(P(=O)(N=[N+]=[N-])c2ccccc2)c1C. The monoisotopic (exact) mass is 271 g/mol. The predicted octanol–water partition coefficient (Wildman–Crippen LogP) is 3.84. The second kappa shape index (κ2) is 5.31. The molecule has 2 rings (SSSR count). The largest absolute Gasteiger partial charge is 0.307 e. The lowest BCUT2D eigenvalue weighted by Crippen LogP contribution is -2.17. The first-order valence-electron chi connectivity index (χ1n) is 5.88. The van der Waals surface area contributed by atoms with Crippen molar-refractivity contribution in [2.45, 2.75) is 13.8 Å². The van der Waals surface area contributed by atoms with E-state index in [0.29, 0.717) is 10.6 Å². The number of benzene rings is 2. The summed E-state index contributed by atoms with van der Waals surface area (Å²) in [7, 11) is -3.28. The van der Waals surface area contributed by atoms with Crippen LogP contribution in [0.25, 0.3) is 10.4 Å². The van der Waals surface area contributed by atoms with Crippen LogP contribution in [0.5, 0.6) is 0 Å². The van der Waals surface area contributed by atoms with E-state index >= 15 is 0 Å². The van der Waals surface area contributed by atoms with Crippen LogP contribution in [-0.4, -0.2) is 0 Å². The molecule has 0 saturated heterocycles. The Labute approximate surface area is 112 Å². The summed E-state index contributed by atoms with van der Waals surface area (Å²) in [4.78, 5) is 6.43. The van der Waals surface area contributed by atoms with Gasteiger partial charge in [-0.2, -0.15) is 0 Å². The van der Waals surface area contributed by atoms with E-state index in [1.165, 1.54) is 0 Å². The second-order valence-electron chi connectivity index (χ2n) is 4.31. The maximum atomic E-state index is 13.2. The molecule has 19 heavy (non-hydrogen) atoms. The highest BCUT2D eigenvalue weighted by molar-refractivity contribution is 7.77. The molecule has 0 N–H and O–H groups in total. The van der Waals surface area contributed by atoms with Gasteiger partial charge in [0.25, 0.3) is 0 Å². The third-order valence-corrected chi connectivity index (χ3v) is 5.64.